The Labute approximate surface area is 157 Å². The van der Waals surface area contributed by atoms with Gasteiger partial charge in [0, 0.05) is 4.88 Å². The minimum atomic E-state index is -0.590. The summed E-state index contributed by atoms with van der Waals surface area (Å²) in [5, 5.41) is 4.74. The molecule has 140 valence electrons. The third-order valence-electron chi connectivity index (χ3n) is 3.46. The van der Waals surface area contributed by atoms with Crippen LogP contribution < -0.4 is 14.8 Å². The third-order valence-corrected chi connectivity index (χ3v) is 4.52. The van der Waals surface area contributed by atoms with Gasteiger partial charge < -0.3 is 19.5 Å². The van der Waals surface area contributed by atoms with Gasteiger partial charge in [0.25, 0.3) is 5.91 Å². The van der Waals surface area contributed by atoms with E-state index in [0.717, 1.165) is 4.88 Å². The summed E-state index contributed by atoms with van der Waals surface area (Å²) in [6.07, 6.45) is 0. The molecule has 1 aromatic carbocycles. The summed E-state index contributed by atoms with van der Waals surface area (Å²) in [5.74, 6) is 0.0936. The largest absolute Gasteiger partial charge is 0.490 e. The van der Waals surface area contributed by atoms with Gasteiger partial charge in [-0.25, -0.2) is 4.79 Å². The lowest BCUT2D eigenvalue weighted by atomic mass is 10.2. The zero-order valence-electron chi connectivity index (χ0n) is 15.1. The lowest BCUT2D eigenvalue weighted by Crippen LogP contribution is -2.30. The molecular weight excluding hydrogens is 354 g/mol. The summed E-state index contributed by atoms with van der Waals surface area (Å²) in [6, 6.07) is 8.53. The Balaban J connectivity index is 1.92. The molecule has 1 unspecified atom stereocenters. The van der Waals surface area contributed by atoms with Crippen LogP contribution in [0.5, 0.6) is 11.5 Å². The van der Waals surface area contributed by atoms with Crippen LogP contribution in [0.25, 0.3) is 0 Å². The number of hydrogen-bond acceptors (Lipinski definition) is 6. The van der Waals surface area contributed by atoms with Gasteiger partial charge in [-0.3, -0.25) is 4.79 Å². The van der Waals surface area contributed by atoms with Gasteiger partial charge in [-0.2, -0.15) is 0 Å². The molecule has 26 heavy (non-hydrogen) atoms. The molecule has 0 saturated carbocycles. The fraction of sp³-hybridized carbons (Fsp3) is 0.368. The molecule has 0 fully saturated rings. The summed E-state index contributed by atoms with van der Waals surface area (Å²) in [5.41, 5.74) is 0.302. The highest BCUT2D eigenvalue weighted by atomic mass is 32.1. The molecule has 1 N–H and O–H groups in total. The van der Waals surface area contributed by atoms with Gasteiger partial charge in [0.2, 0.25) is 0 Å². The van der Waals surface area contributed by atoms with E-state index in [0.29, 0.717) is 30.3 Å². The summed E-state index contributed by atoms with van der Waals surface area (Å²) < 4.78 is 16.0. The maximum absolute atomic E-state index is 12.2. The van der Waals surface area contributed by atoms with E-state index in [1.807, 2.05) is 38.3 Å². The predicted molar refractivity (Wildman–Crippen MR) is 99.9 cm³/mol. The van der Waals surface area contributed by atoms with Gasteiger partial charge in [0.1, 0.15) is 0 Å². The second kappa shape index (κ2) is 9.82. The number of rotatable bonds is 9. The highest BCUT2D eigenvalue weighted by Gasteiger charge is 2.16. The number of ether oxygens (including phenoxy) is 3. The first kappa shape index (κ1) is 19.8. The topological polar surface area (TPSA) is 73.9 Å². The van der Waals surface area contributed by atoms with E-state index in [4.69, 9.17) is 14.2 Å². The number of amides is 1. The first-order chi connectivity index (χ1) is 12.5. The van der Waals surface area contributed by atoms with E-state index in [-0.39, 0.29) is 18.6 Å². The molecule has 2 aromatic rings. The lowest BCUT2D eigenvalue weighted by Gasteiger charge is -2.13. The minimum absolute atomic E-state index is 0.128. The van der Waals surface area contributed by atoms with Crippen molar-refractivity contribution in [3.05, 3.63) is 46.2 Å². The van der Waals surface area contributed by atoms with Crippen LogP contribution in [0.15, 0.2) is 35.7 Å². The maximum atomic E-state index is 12.2. The number of thiophene rings is 1. The number of carbonyl (C=O) groups is 2. The van der Waals surface area contributed by atoms with Crippen LogP contribution in [0, 0.1) is 0 Å². The molecule has 1 aromatic heterocycles. The Morgan fingerprint density at radius 2 is 1.85 bits per heavy atom. The van der Waals surface area contributed by atoms with Crippen LogP contribution in [0.2, 0.25) is 0 Å². The molecule has 0 spiro atoms. The fourth-order valence-corrected chi connectivity index (χ4v) is 3.02. The van der Waals surface area contributed by atoms with E-state index < -0.39 is 5.97 Å². The summed E-state index contributed by atoms with van der Waals surface area (Å²) in [4.78, 5) is 25.2. The maximum Gasteiger partial charge on any atom is 0.338 e. The molecule has 0 aliphatic rings. The summed E-state index contributed by atoms with van der Waals surface area (Å²) in [6.45, 7) is 6.19. The fourth-order valence-electron chi connectivity index (χ4n) is 2.28. The SMILES string of the molecule is CCOc1ccc(C(=O)OCC(=O)NC(C)c2cccs2)cc1OCC. The van der Waals surface area contributed by atoms with Crippen molar-refractivity contribution in [2.45, 2.75) is 26.8 Å². The van der Waals surface area contributed by atoms with Crippen molar-refractivity contribution >= 4 is 23.2 Å². The van der Waals surface area contributed by atoms with Crippen molar-refractivity contribution in [1.29, 1.82) is 0 Å². The molecule has 0 aliphatic carbocycles. The zero-order chi connectivity index (χ0) is 18.9. The van der Waals surface area contributed by atoms with E-state index in [9.17, 15) is 9.59 Å². The Hall–Kier alpha value is -2.54. The Morgan fingerprint density at radius 1 is 1.12 bits per heavy atom. The van der Waals surface area contributed by atoms with Gasteiger partial charge in [0.05, 0.1) is 24.8 Å². The average molecular weight is 377 g/mol. The van der Waals surface area contributed by atoms with Crippen molar-refractivity contribution in [2.24, 2.45) is 0 Å². The van der Waals surface area contributed by atoms with Gasteiger partial charge in [-0.05, 0) is 50.4 Å². The monoisotopic (exact) mass is 377 g/mol. The van der Waals surface area contributed by atoms with Crippen LogP contribution in [0.4, 0.5) is 0 Å². The first-order valence-electron chi connectivity index (χ1n) is 8.44. The van der Waals surface area contributed by atoms with Gasteiger partial charge >= 0.3 is 5.97 Å². The van der Waals surface area contributed by atoms with E-state index in [1.165, 1.54) is 0 Å². The average Bonchev–Trinajstić information content (AvgIpc) is 3.16. The van der Waals surface area contributed by atoms with Crippen LogP contribution in [0.3, 0.4) is 0 Å². The lowest BCUT2D eigenvalue weighted by molar-refractivity contribution is -0.124. The zero-order valence-corrected chi connectivity index (χ0v) is 15.9. The molecule has 7 heteroatoms. The Kier molecular flexibility index (Phi) is 7.47. The second-order valence-electron chi connectivity index (χ2n) is 5.41. The number of benzene rings is 1. The molecule has 1 heterocycles. The quantitative estimate of drug-likeness (QED) is 0.676. The van der Waals surface area contributed by atoms with Crippen LogP contribution in [-0.4, -0.2) is 31.7 Å². The molecule has 0 radical (unpaired) electrons. The van der Waals surface area contributed by atoms with E-state index >= 15 is 0 Å². The molecule has 1 amide bonds. The Morgan fingerprint density at radius 3 is 2.50 bits per heavy atom. The molecule has 6 nitrogen and oxygen atoms in total. The summed E-state index contributed by atoms with van der Waals surface area (Å²) >= 11 is 1.56. The summed E-state index contributed by atoms with van der Waals surface area (Å²) in [7, 11) is 0. The van der Waals surface area contributed by atoms with Crippen molar-refractivity contribution in [1.82, 2.24) is 5.32 Å². The Bertz CT molecular complexity index is 730. The van der Waals surface area contributed by atoms with Crippen molar-refractivity contribution in [3.8, 4) is 11.5 Å². The normalized spacial score (nSPS) is 11.5. The minimum Gasteiger partial charge on any atom is -0.490 e. The van der Waals surface area contributed by atoms with Crippen molar-refractivity contribution in [3.63, 3.8) is 0 Å². The predicted octanol–water partition coefficient (Wildman–Crippen LogP) is 3.58. The molecule has 0 saturated heterocycles. The molecule has 2 rings (SSSR count). The number of nitrogens with one attached hydrogen (secondary N) is 1. The van der Waals surface area contributed by atoms with Gasteiger partial charge in [-0.15, -0.1) is 11.3 Å². The van der Waals surface area contributed by atoms with Gasteiger partial charge in [-0.1, -0.05) is 6.07 Å². The number of esters is 1. The first-order valence-corrected chi connectivity index (χ1v) is 9.32. The number of hydrogen-bond donors (Lipinski definition) is 1. The van der Waals surface area contributed by atoms with E-state index in [2.05, 4.69) is 5.32 Å². The second-order valence-corrected chi connectivity index (χ2v) is 6.39. The van der Waals surface area contributed by atoms with Crippen molar-refractivity contribution in [2.75, 3.05) is 19.8 Å². The molecule has 1 atom stereocenters. The smallest absolute Gasteiger partial charge is 0.338 e. The van der Waals surface area contributed by atoms with E-state index in [1.54, 1.807) is 29.5 Å². The number of carbonyl (C=O) groups excluding carboxylic acids is 2. The van der Waals surface area contributed by atoms with Crippen LogP contribution in [-0.2, 0) is 9.53 Å². The molecular formula is C19H23NO5S. The van der Waals surface area contributed by atoms with Crippen LogP contribution >= 0.6 is 11.3 Å². The standard InChI is InChI=1S/C19H23NO5S/c1-4-23-15-9-8-14(11-16(15)24-5-2)19(22)25-12-18(21)20-13(3)17-7-6-10-26-17/h6-11,13H,4-5,12H2,1-3H3,(H,20,21). The van der Waals surface area contributed by atoms with Gasteiger partial charge in [0.15, 0.2) is 18.1 Å². The third kappa shape index (κ3) is 5.49. The highest BCUT2D eigenvalue weighted by Crippen LogP contribution is 2.28. The highest BCUT2D eigenvalue weighted by molar-refractivity contribution is 7.10. The van der Waals surface area contributed by atoms with Crippen LogP contribution in [0.1, 0.15) is 42.0 Å². The molecule has 0 aliphatic heterocycles. The van der Waals surface area contributed by atoms with Crippen molar-refractivity contribution < 1.29 is 23.8 Å². The molecule has 0 bridgehead atoms.